The highest BCUT2D eigenvalue weighted by atomic mass is 16.5. The van der Waals surface area contributed by atoms with Crippen LogP contribution in [-0.2, 0) is 9.53 Å². The average molecular weight is 260 g/mol. The van der Waals surface area contributed by atoms with Crippen molar-refractivity contribution in [1.29, 1.82) is 0 Å². The van der Waals surface area contributed by atoms with E-state index in [0.29, 0.717) is 18.4 Å². The van der Waals surface area contributed by atoms with Crippen LogP contribution < -0.4 is 0 Å². The van der Waals surface area contributed by atoms with Crippen LogP contribution in [0.5, 0.6) is 0 Å². The Balaban J connectivity index is 2.18. The molecule has 1 atom stereocenters. The predicted octanol–water partition coefficient (Wildman–Crippen LogP) is 3.28. The van der Waals surface area contributed by atoms with E-state index in [1.54, 1.807) is 0 Å². The molecular weight excluding hydrogens is 240 g/mol. The molecule has 1 aromatic rings. The summed E-state index contributed by atoms with van der Waals surface area (Å²) < 4.78 is 5.40. The molecular formula is C16H20O3. The second kappa shape index (κ2) is 5.55. The van der Waals surface area contributed by atoms with Gasteiger partial charge in [0.15, 0.2) is 11.9 Å². The monoisotopic (exact) mass is 260 g/mol. The fourth-order valence-corrected chi connectivity index (χ4v) is 2.77. The summed E-state index contributed by atoms with van der Waals surface area (Å²) in [6.07, 6.45) is 2.52. The van der Waals surface area contributed by atoms with Crippen molar-refractivity contribution in [2.75, 3.05) is 0 Å². The Labute approximate surface area is 114 Å². The Bertz CT molecular complexity index is 494. The number of rotatable bonds is 2. The van der Waals surface area contributed by atoms with E-state index in [1.807, 2.05) is 32.9 Å². The molecule has 0 saturated heterocycles. The maximum atomic E-state index is 12.2. The van der Waals surface area contributed by atoms with Crippen LogP contribution in [0.2, 0.25) is 0 Å². The number of ether oxygens (including phenoxy) is 1. The minimum Gasteiger partial charge on any atom is -0.451 e. The standard InChI is InChI=1S/C16H20O3/c1-10-8-11(2)15(12(3)9-10)16(18)19-14-7-5-4-6-13(14)17/h8-9,14H,4-7H2,1-3H3/t14-/m0/s1. The molecule has 1 saturated carbocycles. The number of benzene rings is 1. The van der Waals surface area contributed by atoms with Crippen LogP contribution in [0.25, 0.3) is 0 Å². The minimum atomic E-state index is -0.540. The van der Waals surface area contributed by atoms with Crippen molar-refractivity contribution >= 4 is 11.8 Å². The van der Waals surface area contributed by atoms with Crippen molar-refractivity contribution in [2.24, 2.45) is 0 Å². The first kappa shape index (κ1) is 13.8. The van der Waals surface area contributed by atoms with Crippen LogP contribution in [0.4, 0.5) is 0 Å². The van der Waals surface area contributed by atoms with E-state index < -0.39 is 6.10 Å². The number of ketones is 1. The Morgan fingerprint density at radius 1 is 1.16 bits per heavy atom. The highest BCUT2D eigenvalue weighted by Crippen LogP contribution is 2.22. The van der Waals surface area contributed by atoms with Crippen LogP contribution in [0.1, 0.15) is 52.7 Å². The quantitative estimate of drug-likeness (QED) is 0.766. The highest BCUT2D eigenvalue weighted by molar-refractivity contribution is 5.95. The van der Waals surface area contributed by atoms with Crippen LogP contribution in [-0.4, -0.2) is 17.9 Å². The Kier molecular flexibility index (Phi) is 4.03. The van der Waals surface area contributed by atoms with E-state index >= 15 is 0 Å². The number of hydrogen-bond acceptors (Lipinski definition) is 3. The van der Waals surface area contributed by atoms with E-state index in [2.05, 4.69) is 0 Å². The van der Waals surface area contributed by atoms with E-state index in [-0.39, 0.29) is 11.8 Å². The van der Waals surface area contributed by atoms with Crippen molar-refractivity contribution in [2.45, 2.75) is 52.6 Å². The van der Waals surface area contributed by atoms with Crippen molar-refractivity contribution in [3.05, 3.63) is 34.4 Å². The molecule has 0 heterocycles. The molecule has 3 nitrogen and oxygen atoms in total. The van der Waals surface area contributed by atoms with Crippen LogP contribution in [0, 0.1) is 20.8 Å². The molecule has 0 N–H and O–H groups in total. The summed E-state index contributed by atoms with van der Waals surface area (Å²) in [6, 6.07) is 3.93. The molecule has 0 radical (unpaired) electrons. The summed E-state index contributed by atoms with van der Waals surface area (Å²) in [5, 5.41) is 0. The zero-order valence-corrected chi connectivity index (χ0v) is 11.8. The SMILES string of the molecule is Cc1cc(C)c(C(=O)O[C@H]2CCCCC2=O)c(C)c1. The number of hydrogen-bond donors (Lipinski definition) is 0. The third-order valence-corrected chi connectivity index (χ3v) is 3.63. The first-order valence-corrected chi connectivity index (χ1v) is 6.80. The molecule has 0 bridgehead atoms. The van der Waals surface area contributed by atoms with Gasteiger partial charge in [-0.05, 0) is 51.2 Å². The first-order valence-electron chi connectivity index (χ1n) is 6.80. The number of esters is 1. The molecule has 0 amide bonds. The van der Waals surface area contributed by atoms with Crippen molar-refractivity contribution < 1.29 is 14.3 Å². The maximum absolute atomic E-state index is 12.2. The lowest BCUT2D eigenvalue weighted by atomic mass is 9.96. The Morgan fingerprint density at radius 2 is 1.79 bits per heavy atom. The van der Waals surface area contributed by atoms with Gasteiger partial charge in [0.1, 0.15) is 0 Å². The van der Waals surface area contributed by atoms with Gasteiger partial charge in [-0.2, -0.15) is 0 Å². The van der Waals surface area contributed by atoms with E-state index in [4.69, 9.17) is 4.74 Å². The molecule has 102 valence electrons. The van der Waals surface area contributed by atoms with Gasteiger partial charge in [0.2, 0.25) is 0 Å². The topological polar surface area (TPSA) is 43.4 Å². The molecule has 19 heavy (non-hydrogen) atoms. The lowest BCUT2D eigenvalue weighted by Gasteiger charge is -2.21. The van der Waals surface area contributed by atoms with Crippen LogP contribution in [0.15, 0.2) is 12.1 Å². The smallest absolute Gasteiger partial charge is 0.339 e. The largest absolute Gasteiger partial charge is 0.451 e. The molecule has 0 aliphatic heterocycles. The number of aryl methyl sites for hydroxylation is 3. The number of carbonyl (C=O) groups excluding carboxylic acids is 2. The lowest BCUT2D eigenvalue weighted by molar-refractivity contribution is -0.129. The Morgan fingerprint density at radius 3 is 2.37 bits per heavy atom. The molecule has 1 aliphatic carbocycles. The summed E-state index contributed by atoms with van der Waals surface area (Å²) in [5.74, 6) is -0.308. The molecule has 3 heteroatoms. The van der Waals surface area contributed by atoms with E-state index in [0.717, 1.165) is 29.5 Å². The zero-order chi connectivity index (χ0) is 14.0. The number of carbonyl (C=O) groups is 2. The normalized spacial score (nSPS) is 19.3. The first-order chi connectivity index (χ1) is 8.99. The third kappa shape index (κ3) is 3.03. The second-order valence-electron chi connectivity index (χ2n) is 5.38. The summed E-state index contributed by atoms with van der Waals surface area (Å²) in [5.41, 5.74) is 3.54. The maximum Gasteiger partial charge on any atom is 0.339 e. The Hall–Kier alpha value is -1.64. The van der Waals surface area contributed by atoms with Gasteiger partial charge in [-0.15, -0.1) is 0 Å². The number of Topliss-reactive ketones (excluding diaryl/α,β-unsaturated/α-hetero) is 1. The summed E-state index contributed by atoms with van der Waals surface area (Å²) in [4.78, 5) is 23.9. The van der Waals surface area contributed by atoms with E-state index in [9.17, 15) is 9.59 Å². The minimum absolute atomic E-state index is 0.0574. The lowest BCUT2D eigenvalue weighted by Crippen LogP contribution is -2.30. The van der Waals surface area contributed by atoms with E-state index in [1.165, 1.54) is 0 Å². The molecule has 0 spiro atoms. The van der Waals surface area contributed by atoms with Gasteiger partial charge in [-0.25, -0.2) is 4.79 Å². The second-order valence-corrected chi connectivity index (χ2v) is 5.38. The molecule has 1 aliphatic rings. The van der Waals surface area contributed by atoms with Gasteiger partial charge in [0.25, 0.3) is 0 Å². The molecule has 0 unspecified atom stereocenters. The molecule has 1 fully saturated rings. The van der Waals surface area contributed by atoms with Crippen LogP contribution >= 0.6 is 0 Å². The molecule has 0 aromatic heterocycles. The highest BCUT2D eigenvalue weighted by Gasteiger charge is 2.27. The third-order valence-electron chi connectivity index (χ3n) is 3.63. The summed E-state index contributed by atoms with van der Waals surface area (Å²) >= 11 is 0. The average Bonchev–Trinajstić information content (AvgIpc) is 2.30. The van der Waals surface area contributed by atoms with Crippen LogP contribution in [0.3, 0.4) is 0 Å². The van der Waals surface area contributed by atoms with Gasteiger partial charge in [-0.1, -0.05) is 17.7 Å². The van der Waals surface area contributed by atoms with Gasteiger partial charge in [-0.3, -0.25) is 4.79 Å². The van der Waals surface area contributed by atoms with Crippen molar-refractivity contribution in [3.63, 3.8) is 0 Å². The molecule has 1 aromatic carbocycles. The van der Waals surface area contributed by atoms with Gasteiger partial charge >= 0.3 is 5.97 Å². The van der Waals surface area contributed by atoms with Gasteiger partial charge in [0, 0.05) is 6.42 Å². The predicted molar refractivity (Wildman–Crippen MR) is 73.3 cm³/mol. The summed E-state index contributed by atoms with van der Waals surface area (Å²) in [6.45, 7) is 5.80. The fourth-order valence-electron chi connectivity index (χ4n) is 2.77. The van der Waals surface area contributed by atoms with Crippen molar-refractivity contribution in [3.8, 4) is 0 Å². The zero-order valence-electron chi connectivity index (χ0n) is 11.8. The summed E-state index contributed by atoms with van der Waals surface area (Å²) in [7, 11) is 0. The van der Waals surface area contributed by atoms with Gasteiger partial charge < -0.3 is 4.74 Å². The fraction of sp³-hybridized carbons (Fsp3) is 0.500. The van der Waals surface area contributed by atoms with Gasteiger partial charge in [0.05, 0.1) is 5.56 Å². The van der Waals surface area contributed by atoms with Crippen molar-refractivity contribution in [1.82, 2.24) is 0 Å². The molecule has 2 rings (SSSR count).